The highest BCUT2D eigenvalue weighted by molar-refractivity contribution is 9.10. The quantitative estimate of drug-likeness (QED) is 0.920. The third kappa shape index (κ3) is 2.93. The SMILES string of the molecule is Cc1c(Br)c(C(F)(F)F)nn1[C@H](C)C(=O)NC1CC1. The molecule has 0 aliphatic heterocycles. The zero-order valence-electron chi connectivity index (χ0n) is 10.4. The lowest BCUT2D eigenvalue weighted by Crippen LogP contribution is -2.33. The molecule has 1 heterocycles. The summed E-state index contributed by atoms with van der Waals surface area (Å²) in [5.41, 5.74) is -0.721. The van der Waals surface area contributed by atoms with Crippen LogP contribution in [0.5, 0.6) is 0 Å². The van der Waals surface area contributed by atoms with E-state index in [4.69, 9.17) is 0 Å². The number of rotatable bonds is 3. The van der Waals surface area contributed by atoms with Crippen molar-refractivity contribution in [1.82, 2.24) is 15.1 Å². The van der Waals surface area contributed by atoms with Crippen molar-refractivity contribution in [2.24, 2.45) is 0 Å². The van der Waals surface area contributed by atoms with Gasteiger partial charge in [0.25, 0.3) is 0 Å². The highest BCUT2D eigenvalue weighted by Gasteiger charge is 2.39. The van der Waals surface area contributed by atoms with Crippen LogP contribution in [0.4, 0.5) is 13.2 Å². The van der Waals surface area contributed by atoms with E-state index in [0.717, 1.165) is 17.5 Å². The summed E-state index contributed by atoms with van der Waals surface area (Å²) < 4.78 is 39.1. The van der Waals surface area contributed by atoms with E-state index in [9.17, 15) is 18.0 Å². The third-order valence-corrected chi connectivity index (χ3v) is 3.96. The van der Waals surface area contributed by atoms with Crippen molar-refractivity contribution < 1.29 is 18.0 Å². The molecule has 1 aliphatic rings. The van der Waals surface area contributed by atoms with Gasteiger partial charge in [-0.1, -0.05) is 0 Å². The van der Waals surface area contributed by atoms with Crippen molar-refractivity contribution in [2.75, 3.05) is 0 Å². The van der Waals surface area contributed by atoms with E-state index in [2.05, 4.69) is 26.3 Å². The summed E-state index contributed by atoms with van der Waals surface area (Å²) in [6, 6.07) is -0.607. The molecule has 0 unspecified atom stereocenters. The van der Waals surface area contributed by atoms with Crippen LogP contribution in [0.3, 0.4) is 0 Å². The minimum atomic E-state index is -4.54. The van der Waals surface area contributed by atoms with Gasteiger partial charge in [-0.15, -0.1) is 0 Å². The lowest BCUT2D eigenvalue weighted by molar-refractivity contribution is -0.142. The van der Waals surface area contributed by atoms with Gasteiger partial charge in [0.2, 0.25) is 5.91 Å². The van der Waals surface area contributed by atoms with Gasteiger partial charge < -0.3 is 5.32 Å². The summed E-state index contributed by atoms with van der Waals surface area (Å²) in [7, 11) is 0. The Kier molecular flexibility index (Phi) is 3.63. The topological polar surface area (TPSA) is 46.9 Å². The predicted octanol–water partition coefficient (Wildman–Crippen LogP) is 2.81. The van der Waals surface area contributed by atoms with Crippen molar-refractivity contribution >= 4 is 21.8 Å². The second-order valence-electron chi connectivity index (χ2n) is 4.65. The third-order valence-electron chi connectivity index (χ3n) is 3.02. The van der Waals surface area contributed by atoms with E-state index in [1.165, 1.54) is 13.8 Å². The maximum Gasteiger partial charge on any atom is 0.436 e. The molecule has 4 nitrogen and oxygen atoms in total. The Morgan fingerprint density at radius 3 is 2.53 bits per heavy atom. The molecule has 0 spiro atoms. The Labute approximate surface area is 116 Å². The molecule has 0 radical (unpaired) electrons. The van der Waals surface area contributed by atoms with Crippen LogP contribution < -0.4 is 5.32 Å². The minimum Gasteiger partial charge on any atom is -0.352 e. The van der Waals surface area contributed by atoms with Gasteiger partial charge >= 0.3 is 6.18 Å². The summed E-state index contributed by atoms with van der Waals surface area (Å²) >= 11 is 2.88. The van der Waals surface area contributed by atoms with E-state index < -0.39 is 17.9 Å². The molecular weight excluding hydrogens is 327 g/mol. The fourth-order valence-electron chi connectivity index (χ4n) is 1.72. The highest BCUT2D eigenvalue weighted by Crippen LogP contribution is 2.36. The predicted molar refractivity (Wildman–Crippen MR) is 65.5 cm³/mol. The van der Waals surface area contributed by atoms with Gasteiger partial charge in [-0.3, -0.25) is 9.48 Å². The van der Waals surface area contributed by atoms with Crippen molar-refractivity contribution in [3.8, 4) is 0 Å². The van der Waals surface area contributed by atoms with Crippen LogP contribution in [0, 0.1) is 6.92 Å². The van der Waals surface area contributed by atoms with E-state index >= 15 is 0 Å². The first-order valence-corrected chi connectivity index (χ1v) is 6.63. The van der Waals surface area contributed by atoms with Gasteiger partial charge in [-0.25, -0.2) is 0 Å². The Balaban J connectivity index is 2.26. The van der Waals surface area contributed by atoms with Gasteiger partial charge in [-0.05, 0) is 42.6 Å². The molecular formula is C11H13BrF3N3O. The Morgan fingerprint density at radius 1 is 1.53 bits per heavy atom. The van der Waals surface area contributed by atoms with Crippen LogP contribution in [0.2, 0.25) is 0 Å². The molecule has 106 valence electrons. The lowest BCUT2D eigenvalue weighted by atomic mass is 10.3. The van der Waals surface area contributed by atoms with Crippen LogP contribution in [0.1, 0.15) is 37.2 Å². The summed E-state index contributed by atoms with van der Waals surface area (Å²) in [5, 5.41) is 6.26. The average molecular weight is 340 g/mol. The van der Waals surface area contributed by atoms with Gasteiger partial charge in [0.1, 0.15) is 6.04 Å². The molecule has 1 aromatic rings. The maximum atomic E-state index is 12.7. The van der Waals surface area contributed by atoms with Crippen molar-refractivity contribution in [3.63, 3.8) is 0 Å². The molecule has 1 N–H and O–H groups in total. The largest absolute Gasteiger partial charge is 0.436 e. The molecule has 2 rings (SSSR count). The standard InChI is InChI=1S/C11H13BrF3N3O/c1-5-8(12)9(11(13,14)15)17-18(5)6(2)10(19)16-7-3-4-7/h6-7H,3-4H2,1-2H3,(H,16,19)/t6-/m1/s1. The van der Waals surface area contributed by atoms with E-state index in [-0.39, 0.29) is 22.1 Å². The number of hydrogen-bond donors (Lipinski definition) is 1. The number of nitrogens with one attached hydrogen (secondary N) is 1. The van der Waals surface area contributed by atoms with Crippen LogP contribution in [-0.2, 0) is 11.0 Å². The zero-order chi connectivity index (χ0) is 14.4. The number of aromatic nitrogens is 2. The van der Waals surface area contributed by atoms with E-state index in [1.807, 2.05) is 0 Å². The highest BCUT2D eigenvalue weighted by atomic mass is 79.9. The molecule has 1 aliphatic carbocycles. The Hall–Kier alpha value is -1.05. The van der Waals surface area contributed by atoms with Gasteiger partial charge in [0.15, 0.2) is 5.69 Å². The molecule has 0 saturated heterocycles. The molecule has 1 amide bonds. The monoisotopic (exact) mass is 339 g/mol. The molecule has 8 heteroatoms. The number of amides is 1. The Morgan fingerprint density at radius 2 is 2.11 bits per heavy atom. The summed E-state index contributed by atoms with van der Waals surface area (Å²) in [6.45, 7) is 3.03. The number of halogens is 4. The maximum absolute atomic E-state index is 12.7. The molecule has 1 atom stereocenters. The first kappa shape index (κ1) is 14.4. The van der Waals surface area contributed by atoms with Crippen LogP contribution in [-0.4, -0.2) is 21.7 Å². The van der Waals surface area contributed by atoms with Crippen molar-refractivity contribution in [1.29, 1.82) is 0 Å². The van der Waals surface area contributed by atoms with E-state index in [0.29, 0.717) is 0 Å². The average Bonchev–Trinajstić information content (AvgIpc) is 3.05. The fraction of sp³-hybridized carbons (Fsp3) is 0.636. The molecule has 1 saturated carbocycles. The van der Waals surface area contributed by atoms with Gasteiger partial charge in [0, 0.05) is 6.04 Å². The summed E-state index contributed by atoms with van der Waals surface area (Å²) in [4.78, 5) is 11.8. The number of alkyl halides is 3. The van der Waals surface area contributed by atoms with Crippen molar-refractivity contribution in [3.05, 3.63) is 15.9 Å². The second kappa shape index (κ2) is 4.81. The normalized spacial score (nSPS) is 17.4. The molecule has 1 fully saturated rings. The smallest absolute Gasteiger partial charge is 0.352 e. The molecule has 0 bridgehead atoms. The summed E-state index contributed by atoms with van der Waals surface area (Å²) in [6.07, 6.45) is -2.69. The fourth-order valence-corrected chi connectivity index (χ4v) is 2.20. The first-order chi connectivity index (χ1) is 8.71. The molecule has 0 aromatic carbocycles. The minimum absolute atomic E-state index is 0.119. The second-order valence-corrected chi connectivity index (χ2v) is 5.44. The van der Waals surface area contributed by atoms with Gasteiger partial charge in [0.05, 0.1) is 10.2 Å². The number of hydrogen-bond acceptors (Lipinski definition) is 2. The number of nitrogens with zero attached hydrogens (tertiary/aromatic N) is 2. The number of carbonyl (C=O) groups excluding carboxylic acids is 1. The zero-order valence-corrected chi connectivity index (χ0v) is 12.0. The van der Waals surface area contributed by atoms with Crippen molar-refractivity contribution in [2.45, 2.75) is 44.9 Å². The molecule has 19 heavy (non-hydrogen) atoms. The number of carbonyl (C=O) groups is 1. The summed E-state index contributed by atoms with van der Waals surface area (Å²) in [5.74, 6) is -0.311. The van der Waals surface area contributed by atoms with E-state index in [1.54, 1.807) is 0 Å². The Bertz CT molecular complexity index is 508. The van der Waals surface area contributed by atoms with Crippen LogP contribution >= 0.6 is 15.9 Å². The van der Waals surface area contributed by atoms with Crippen LogP contribution in [0.25, 0.3) is 0 Å². The van der Waals surface area contributed by atoms with Gasteiger partial charge in [-0.2, -0.15) is 18.3 Å². The lowest BCUT2D eigenvalue weighted by Gasteiger charge is -2.14. The van der Waals surface area contributed by atoms with Crippen LogP contribution in [0.15, 0.2) is 4.47 Å². The first-order valence-electron chi connectivity index (χ1n) is 5.84. The molecule has 1 aromatic heterocycles.